The Labute approximate surface area is 92.1 Å². The van der Waals surface area contributed by atoms with E-state index in [2.05, 4.69) is 5.32 Å². The number of rotatable bonds is 7. The molecule has 2 aliphatic rings. The Morgan fingerprint density at radius 1 is 1.27 bits per heavy atom. The molecule has 0 spiro atoms. The summed E-state index contributed by atoms with van der Waals surface area (Å²) in [5.41, 5.74) is 0. The molecule has 2 aliphatic carbocycles. The van der Waals surface area contributed by atoms with Crippen molar-refractivity contribution < 1.29 is 8.42 Å². The zero-order valence-electron chi connectivity index (χ0n) is 9.28. The lowest BCUT2D eigenvalue weighted by atomic mass is 10.5. The Kier molecular flexibility index (Phi) is 3.33. The lowest BCUT2D eigenvalue weighted by Crippen LogP contribution is -2.32. The van der Waals surface area contributed by atoms with Gasteiger partial charge in [0.2, 0.25) is 10.0 Å². The molecule has 0 radical (unpaired) electrons. The molecular formula is C10H20N2O2S. The second kappa shape index (κ2) is 4.39. The summed E-state index contributed by atoms with van der Waals surface area (Å²) in [4.78, 5) is 0. The van der Waals surface area contributed by atoms with Gasteiger partial charge in [-0.25, -0.2) is 12.7 Å². The summed E-state index contributed by atoms with van der Waals surface area (Å²) < 4.78 is 25.1. The summed E-state index contributed by atoms with van der Waals surface area (Å²) in [6.45, 7) is 0.836. The standard InChI is InChI=1S/C10H20N2O2S/c1-12(10-5-6-10)15(13,14)8-2-7-11-9-3-4-9/h9-11H,2-8H2,1H3. The van der Waals surface area contributed by atoms with Crippen LogP contribution < -0.4 is 5.32 Å². The van der Waals surface area contributed by atoms with E-state index < -0.39 is 10.0 Å². The van der Waals surface area contributed by atoms with Crippen LogP contribution in [0.5, 0.6) is 0 Å². The SMILES string of the molecule is CN(C1CC1)S(=O)(=O)CCCNC1CC1. The summed E-state index contributed by atoms with van der Waals surface area (Å²) in [5.74, 6) is 0.291. The van der Waals surface area contributed by atoms with Crippen LogP contribution in [0.15, 0.2) is 0 Å². The third-order valence-corrected chi connectivity index (χ3v) is 5.07. The van der Waals surface area contributed by atoms with Gasteiger partial charge >= 0.3 is 0 Å². The van der Waals surface area contributed by atoms with Gasteiger partial charge in [-0.1, -0.05) is 0 Å². The highest BCUT2D eigenvalue weighted by molar-refractivity contribution is 7.89. The van der Waals surface area contributed by atoms with Gasteiger partial charge in [0.1, 0.15) is 0 Å². The molecule has 1 N–H and O–H groups in total. The molecule has 4 nitrogen and oxygen atoms in total. The van der Waals surface area contributed by atoms with E-state index in [9.17, 15) is 8.42 Å². The van der Waals surface area contributed by atoms with Crippen LogP contribution >= 0.6 is 0 Å². The molecule has 15 heavy (non-hydrogen) atoms. The van der Waals surface area contributed by atoms with Crippen LogP contribution in [0.1, 0.15) is 32.1 Å². The molecule has 0 heterocycles. The maximum Gasteiger partial charge on any atom is 0.214 e. The molecule has 88 valence electrons. The predicted molar refractivity (Wildman–Crippen MR) is 60.2 cm³/mol. The van der Waals surface area contributed by atoms with Crippen LogP contribution in [-0.2, 0) is 10.0 Å². The number of nitrogens with one attached hydrogen (secondary N) is 1. The highest BCUT2D eigenvalue weighted by Crippen LogP contribution is 2.27. The van der Waals surface area contributed by atoms with Crippen LogP contribution in [0.4, 0.5) is 0 Å². The van der Waals surface area contributed by atoms with Gasteiger partial charge in [0, 0.05) is 19.1 Å². The second-order valence-corrected chi connectivity index (χ2v) is 6.79. The molecule has 0 aromatic rings. The molecule has 2 fully saturated rings. The topological polar surface area (TPSA) is 49.4 Å². The lowest BCUT2D eigenvalue weighted by Gasteiger charge is -2.16. The van der Waals surface area contributed by atoms with E-state index in [1.807, 2.05) is 0 Å². The molecule has 0 aromatic heterocycles. The molecule has 0 bridgehead atoms. The smallest absolute Gasteiger partial charge is 0.214 e. The van der Waals surface area contributed by atoms with E-state index >= 15 is 0 Å². The fourth-order valence-electron chi connectivity index (χ4n) is 1.66. The molecule has 0 amide bonds. The molecule has 2 rings (SSSR count). The Hall–Kier alpha value is -0.130. The second-order valence-electron chi connectivity index (χ2n) is 4.65. The first-order valence-corrected chi connectivity index (χ1v) is 7.39. The van der Waals surface area contributed by atoms with Crippen LogP contribution in [-0.4, -0.2) is 44.2 Å². The maximum absolute atomic E-state index is 11.8. The van der Waals surface area contributed by atoms with E-state index in [0.717, 1.165) is 25.8 Å². The van der Waals surface area contributed by atoms with E-state index in [0.29, 0.717) is 17.8 Å². The van der Waals surface area contributed by atoms with Crippen molar-refractivity contribution in [2.75, 3.05) is 19.3 Å². The normalized spacial score (nSPS) is 22.3. The molecular weight excluding hydrogens is 212 g/mol. The number of hydrogen-bond donors (Lipinski definition) is 1. The Balaban J connectivity index is 1.66. The average Bonchev–Trinajstić information content (AvgIpc) is 3.02. The summed E-state index contributed by atoms with van der Waals surface area (Å²) in [7, 11) is -1.27. The molecule has 0 atom stereocenters. The van der Waals surface area contributed by atoms with Gasteiger partial charge in [0.25, 0.3) is 0 Å². The van der Waals surface area contributed by atoms with Crippen molar-refractivity contribution in [2.45, 2.75) is 44.2 Å². The van der Waals surface area contributed by atoms with Crippen molar-refractivity contribution in [3.8, 4) is 0 Å². The lowest BCUT2D eigenvalue weighted by molar-refractivity contribution is 0.462. The van der Waals surface area contributed by atoms with E-state index in [1.54, 1.807) is 11.4 Å². The summed E-state index contributed by atoms with van der Waals surface area (Å²) in [5, 5.41) is 3.33. The highest BCUT2D eigenvalue weighted by Gasteiger charge is 2.33. The van der Waals surface area contributed by atoms with Crippen LogP contribution in [0.2, 0.25) is 0 Å². The van der Waals surface area contributed by atoms with Gasteiger partial charge in [-0.2, -0.15) is 0 Å². The quantitative estimate of drug-likeness (QED) is 0.652. The molecule has 0 unspecified atom stereocenters. The van der Waals surface area contributed by atoms with Crippen molar-refractivity contribution in [3.05, 3.63) is 0 Å². The minimum atomic E-state index is -2.98. The first-order valence-electron chi connectivity index (χ1n) is 5.79. The largest absolute Gasteiger partial charge is 0.314 e. The molecule has 0 aromatic carbocycles. The van der Waals surface area contributed by atoms with E-state index in [1.165, 1.54) is 12.8 Å². The van der Waals surface area contributed by atoms with Gasteiger partial charge in [-0.3, -0.25) is 0 Å². The zero-order chi connectivity index (χ0) is 10.9. The van der Waals surface area contributed by atoms with Crippen molar-refractivity contribution >= 4 is 10.0 Å². The monoisotopic (exact) mass is 232 g/mol. The molecule has 5 heteroatoms. The Bertz CT molecular complexity index is 307. The summed E-state index contributed by atoms with van der Waals surface area (Å²) >= 11 is 0. The van der Waals surface area contributed by atoms with Crippen LogP contribution in [0.25, 0.3) is 0 Å². The van der Waals surface area contributed by atoms with Crippen LogP contribution in [0, 0.1) is 0 Å². The fourth-order valence-corrected chi connectivity index (χ4v) is 3.12. The number of hydrogen-bond acceptors (Lipinski definition) is 3. The third-order valence-electron chi connectivity index (χ3n) is 3.09. The Morgan fingerprint density at radius 3 is 2.47 bits per heavy atom. The van der Waals surface area contributed by atoms with Crippen molar-refractivity contribution in [1.29, 1.82) is 0 Å². The van der Waals surface area contributed by atoms with Crippen molar-refractivity contribution in [3.63, 3.8) is 0 Å². The third kappa shape index (κ3) is 3.43. The first kappa shape index (κ1) is 11.4. The minimum absolute atomic E-state index is 0.291. The van der Waals surface area contributed by atoms with Crippen LogP contribution in [0.3, 0.4) is 0 Å². The average molecular weight is 232 g/mol. The number of sulfonamides is 1. The van der Waals surface area contributed by atoms with Gasteiger partial charge in [0.15, 0.2) is 0 Å². The van der Waals surface area contributed by atoms with Gasteiger partial charge in [-0.05, 0) is 38.6 Å². The zero-order valence-corrected chi connectivity index (χ0v) is 10.1. The predicted octanol–water partition coefficient (Wildman–Crippen LogP) is 0.552. The van der Waals surface area contributed by atoms with Gasteiger partial charge < -0.3 is 5.32 Å². The number of nitrogens with zero attached hydrogens (tertiary/aromatic N) is 1. The first-order chi connectivity index (χ1) is 7.09. The van der Waals surface area contributed by atoms with Gasteiger partial charge in [0.05, 0.1) is 5.75 Å². The van der Waals surface area contributed by atoms with Crippen molar-refractivity contribution in [2.24, 2.45) is 0 Å². The molecule has 0 aliphatic heterocycles. The maximum atomic E-state index is 11.8. The summed E-state index contributed by atoms with van der Waals surface area (Å²) in [6, 6.07) is 0.972. The highest BCUT2D eigenvalue weighted by atomic mass is 32.2. The van der Waals surface area contributed by atoms with E-state index in [-0.39, 0.29) is 0 Å². The molecule has 0 saturated heterocycles. The van der Waals surface area contributed by atoms with E-state index in [4.69, 9.17) is 0 Å². The van der Waals surface area contributed by atoms with Crippen molar-refractivity contribution in [1.82, 2.24) is 9.62 Å². The summed E-state index contributed by atoms with van der Waals surface area (Å²) in [6.07, 6.45) is 5.32. The fraction of sp³-hybridized carbons (Fsp3) is 1.00. The minimum Gasteiger partial charge on any atom is -0.314 e. The molecule has 2 saturated carbocycles. The Morgan fingerprint density at radius 2 is 1.93 bits per heavy atom. The van der Waals surface area contributed by atoms with Gasteiger partial charge in [-0.15, -0.1) is 0 Å².